The Morgan fingerprint density at radius 1 is 1.10 bits per heavy atom. The Hall–Kier alpha value is -1.78. The second kappa shape index (κ2) is 6.33. The number of rotatable bonds is 2. The molecule has 0 aliphatic carbocycles. The lowest BCUT2D eigenvalue weighted by atomic mass is 10.2. The minimum Gasteiger partial charge on any atom is -0.320 e. The van der Waals surface area contributed by atoms with E-state index in [2.05, 4.69) is 9.89 Å². The van der Waals surface area contributed by atoms with Crippen LogP contribution in [0.2, 0.25) is 5.02 Å². The largest absolute Gasteiger partial charge is 0.320 e. The molecule has 3 rings (SSSR count). The molecule has 2 aromatic rings. The van der Waals surface area contributed by atoms with Gasteiger partial charge < -0.3 is 4.90 Å². The van der Waals surface area contributed by atoms with E-state index in [1.54, 1.807) is 36.0 Å². The second-order valence-electron chi connectivity index (χ2n) is 4.54. The zero-order chi connectivity index (χ0) is 14.7. The van der Waals surface area contributed by atoms with Crippen molar-refractivity contribution in [2.45, 2.75) is 0 Å². The second-order valence-corrected chi connectivity index (χ2v) is 6.04. The molecule has 21 heavy (non-hydrogen) atoms. The molecule has 1 fully saturated rings. The van der Waals surface area contributed by atoms with Gasteiger partial charge in [-0.1, -0.05) is 41.6 Å². The molecule has 0 saturated carbocycles. The van der Waals surface area contributed by atoms with Crippen LogP contribution in [-0.2, 0) is 0 Å². The summed E-state index contributed by atoms with van der Waals surface area (Å²) in [4.78, 5) is 18.5. The molecular weight excluding hydrogens is 304 g/mol. The van der Waals surface area contributed by atoms with Crippen molar-refractivity contribution in [3.63, 3.8) is 0 Å². The Morgan fingerprint density at radius 2 is 1.81 bits per heavy atom. The number of aliphatic imine (C=N–C) groups is 1. The number of para-hydroxylation sites is 1. The summed E-state index contributed by atoms with van der Waals surface area (Å²) >= 11 is 7.43. The summed E-state index contributed by atoms with van der Waals surface area (Å²) in [7, 11) is 0. The quantitative estimate of drug-likeness (QED) is 0.836. The summed E-state index contributed by atoms with van der Waals surface area (Å²) in [5.74, 6) is 0.693. The normalized spacial score (nSPS) is 16.4. The lowest BCUT2D eigenvalue weighted by Crippen LogP contribution is -2.24. The van der Waals surface area contributed by atoms with Gasteiger partial charge in [-0.2, -0.15) is 4.99 Å². The summed E-state index contributed by atoms with van der Waals surface area (Å²) in [5.41, 5.74) is 1.61. The summed E-state index contributed by atoms with van der Waals surface area (Å²) in [6.07, 6.45) is 0. The van der Waals surface area contributed by atoms with E-state index < -0.39 is 0 Å². The highest BCUT2D eigenvalue weighted by Crippen LogP contribution is 2.25. The van der Waals surface area contributed by atoms with Crippen molar-refractivity contribution in [2.75, 3.05) is 17.2 Å². The molecule has 1 aliphatic rings. The Labute approximate surface area is 132 Å². The van der Waals surface area contributed by atoms with Crippen LogP contribution < -0.4 is 4.90 Å². The van der Waals surface area contributed by atoms with Crippen molar-refractivity contribution in [3.05, 3.63) is 65.2 Å². The highest BCUT2D eigenvalue weighted by molar-refractivity contribution is 8.14. The van der Waals surface area contributed by atoms with Gasteiger partial charge in [-0.3, -0.25) is 4.79 Å². The van der Waals surface area contributed by atoms with Gasteiger partial charge in [0.05, 0.1) is 0 Å². The topological polar surface area (TPSA) is 32.7 Å². The van der Waals surface area contributed by atoms with Gasteiger partial charge in [0.1, 0.15) is 0 Å². The summed E-state index contributed by atoms with van der Waals surface area (Å²) < 4.78 is 0. The van der Waals surface area contributed by atoms with Crippen molar-refractivity contribution in [3.8, 4) is 0 Å². The maximum Gasteiger partial charge on any atom is 0.279 e. The van der Waals surface area contributed by atoms with Crippen LogP contribution in [0.1, 0.15) is 10.4 Å². The van der Waals surface area contributed by atoms with Gasteiger partial charge in [-0.25, -0.2) is 0 Å². The van der Waals surface area contributed by atoms with Gasteiger partial charge in [0, 0.05) is 28.6 Å². The molecule has 0 N–H and O–H groups in total. The van der Waals surface area contributed by atoms with Gasteiger partial charge in [-0.05, 0) is 36.4 Å². The standard InChI is InChI=1S/C16H13ClN2OS/c17-13-8-6-12(7-9-13)15(20)18-16-19(10-11-21-16)14-4-2-1-3-5-14/h1-9H,10-11H2. The number of halogens is 1. The molecule has 0 bridgehead atoms. The third-order valence-corrected chi connectivity index (χ3v) is 4.34. The average molecular weight is 317 g/mol. The zero-order valence-corrected chi connectivity index (χ0v) is 12.8. The monoisotopic (exact) mass is 316 g/mol. The molecule has 1 aliphatic heterocycles. The smallest absolute Gasteiger partial charge is 0.279 e. The first-order chi connectivity index (χ1) is 10.2. The van der Waals surface area contributed by atoms with E-state index >= 15 is 0 Å². The van der Waals surface area contributed by atoms with Gasteiger partial charge in [0.15, 0.2) is 5.17 Å². The third-order valence-electron chi connectivity index (χ3n) is 3.13. The summed E-state index contributed by atoms with van der Waals surface area (Å²) in [6, 6.07) is 16.8. The number of hydrogen-bond donors (Lipinski definition) is 0. The van der Waals surface area contributed by atoms with Gasteiger partial charge in [0.25, 0.3) is 5.91 Å². The van der Waals surface area contributed by atoms with Gasteiger partial charge in [0.2, 0.25) is 0 Å². The lowest BCUT2D eigenvalue weighted by molar-refractivity contribution is 0.100. The Balaban J connectivity index is 1.84. The highest BCUT2D eigenvalue weighted by Gasteiger charge is 2.22. The number of carbonyl (C=O) groups is 1. The van der Waals surface area contributed by atoms with Crippen molar-refractivity contribution < 1.29 is 4.79 Å². The molecule has 3 nitrogen and oxygen atoms in total. The van der Waals surface area contributed by atoms with E-state index in [0.717, 1.165) is 23.2 Å². The van der Waals surface area contributed by atoms with Crippen LogP contribution >= 0.6 is 23.4 Å². The minimum atomic E-state index is -0.239. The number of anilines is 1. The SMILES string of the molecule is O=C(N=C1SCCN1c1ccccc1)c1ccc(Cl)cc1. The predicted molar refractivity (Wildman–Crippen MR) is 89.5 cm³/mol. The molecule has 1 amide bonds. The molecule has 0 unspecified atom stereocenters. The highest BCUT2D eigenvalue weighted by atomic mass is 35.5. The fourth-order valence-electron chi connectivity index (χ4n) is 2.09. The number of hydrogen-bond acceptors (Lipinski definition) is 2. The average Bonchev–Trinajstić information content (AvgIpc) is 2.97. The van der Waals surface area contributed by atoms with E-state index in [1.807, 2.05) is 30.3 Å². The molecule has 0 radical (unpaired) electrons. The van der Waals surface area contributed by atoms with Crippen LogP contribution in [0.3, 0.4) is 0 Å². The molecule has 5 heteroatoms. The molecule has 2 aromatic carbocycles. The summed E-state index contributed by atoms with van der Waals surface area (Å²) in [5, 5.41) is 1.36. The number of thioether (sulfide) groups is 1. The number of amidine groups is 1. The Bertz CT molecular complexity index is 670. The first-order valence-corrected chi connectivity index (χ1v) is 7.94. The van der Waals surface area contributed by atoms with E-state index in [-0.39, 0.29) is 5.91 Å². The van der Waals surface area contributed by atoms with E-state index in [9.17, 15) is 4.79 Å². The van der Waals surface area contributed by atoms with Crippen LogP contribution in [0.5, 0.6) is 0 Å². The van der Waals surface area contributed by atoms with E-state index in [4.69, 9.17) is 11.6 Å². The lowest BCUT2D eigenvalue weighted by Gasteiger charge is -2.17. The molecule has 106 valence electrons. The van der Waals surface area contributed by atoms with Gasteiger partial charge in [-0.15, -0.1) is 0 Å². The van der Waals surface area contributed by atoms with Crippen molar-refractivity contribution in [1.29, 1.82) is 0 Å². The van der Waals surface area contributed by atoms with Crippen LogP contribution in [0.25, 0.3) is 0 Å². The molecule has 0 atom stereocenters. The van der Waals surface area contributed by atoms with E-state index in [1.165, 1.54) is 0 Å². The summed E-state index contributed by atoms with van der Waals surface area (Å²) in [6.45, 7) is 0.863. The van der Waals surface area contributed by atoms with Crippen molar-refractivity contribution in [1.82, 2.24) is 0 Å². The third kappa shape index (κ3) is 3.28. The maximum absolute atomic E-state index is 12.2. The van der Waals surface area contributed by atoms with Crippen LogP contribution in [0.4, 0.5) is 5.69 Å². The number of amides is 1. The van der Waals surface area contributed by atoms with E-state index in [0.29, 0.717) is 10.6 Å². The van der Waals surface area contributed by atoms with Crippen LogP contribution in [0, 0.1) is 0 Å². The molecule has 0 spiro atoms. The predicted octanol–water partition coefficient (Wildman–Crippen LogP) is 4.09. The van der Waals surface area contributed by atoms with Crippen LogP contribution in [-0.4, -0.2) is 23.4 Å². The Kier molecular flexibility index (Phi) is 4.27. The molecule has 1 saturated heterocycles. The fourth-order valence-corrected chi connectivity index (χ4v) is 3.17. The number of nitrogens with zero attached hydrogens (tertiary/aromatic N) is 2. The first-order valence-electron chi connectivity index (χ1n) is 6.58. The molecule has 1 heterocycles. The first kappa shape index (κ1) is 14.2. The Morgan fingerprint density at radius 3 is 2.52 bits per heavy atom. The van der Waals surface area contributed by atoms with Crippen LogP contribution in [0.15, 0.2) is 59.6 Å². The molecular formula is C16H13ClN2OS. The van der Waals surface area contributed by atoms with Gasteiger partial charge >= 0.3 is 0 Å². The molecule has 0 aromatic heterocycles. The minimum absolute atomic E-state index is 0.239. The zero-order valence-electron chi connectivity index (χ0n) is 11.2. The maximum atomic E-state index is 12.2. The number of carbonyl (C=O) groups excluding carboxylic acids is 1. The van der Waals surface area contributed by atoms with Crippen molar-refractivity contribution >= 4 is 40.1 Å². The number of benzene rings is 2. The van der Waals surface area contributed by atoms with Crippen molar-refractivity contribution in [2.24, 2.45) is 4.99 Å². The fraction of sp³-hybridized carbons (Fsp3) is 0.125.